The molecule has 0 bridgehead atoms. The van der Waals surface area contributed by atoms with Crippen LogP contribution in [0.3, 0.4) is 0 Å². The van der Waals surface area contributed by atoms with Crippen LogP contribution in [0, 0.1) is 11.8 Å². The second-order valence-corrected chi connectivity index (χ2v) is 8.03. The Hall–Kier alpha value is -2.12. The summed E-state index contributed by atoms with van der Waals surface area (Å²) in [6.45, 7) is 9.17. The molecule has 142 valence electrons. The van der Waals surface area contributed by atoms with E-state index >= 15 is 0 Å². The predicted molar refractivity (Wildman–Crippen MR) is 118 cm³/mol. The molecule has 0 aromatic heterocycles. The van der Waals surface area contributed by atoms with Crippen molar-refractivity contribution >= 4 is 11.1 Å². The van der Waals surface area contributed by atoms with Gasteiger partial charge in [-0.2, -0.15) is 0 Å². The third-order valence-corrected chi connectivity index (χ3v) is 5.95. The van der Waals surface area contributed by atoms with E-state index in [9.17, 15) is 0 Å². The average Bonchev–Trinajstić information content (AvgIpc) is 3.53. The zero-order valence-electron chi connectivity index (χ0n) is 17.0. The first-order chi connectivity index (χ1) is 13.1. The molecule has 0 aliphatic heterocycles. The van der Waals surface area contributed by atoms with Crippen molar-refractivity contribution in [3.05, 3.63) is 83.9 Å². The summed E-state index contributed by atoms with van der Waals surface area (Å²) in [4.78, 5) is 0. The second kappa shape index (κ2) is 9.19. The van der Waals surface area contributed by atoms with Crippen LogP contribution >= 0.6 is 0 Å². The summed E-state index contributed by atoms with van der Waals surface area (Å²) in [5.74, 6) is 1.60. The Morgan fingerprint density at radius 3 is 2.07 bits per heavy atom. The summed E-state index contributed by atoms with van der Waals surface area (Å²) >= 11 is 0. The smallest absolute Gasteiger partial charge is 0.0309 e. The first-order valence-electron chi connectivity index (χ1n) is 10.3. The van der Waals surface area contributed by atoms with E-state index in [0.717, 1.165) is 11.5 Å². The highest BCUT2D eigenvalue weighted by molar-refractivity contribution is 6.05. The van der Waals surface area contributed by atoms with Crippen molar-refractivity contribution in [3.8, 4) is 0 Å². The Balaban J connectivity index is 1.96. The molecule has 1 aliphatic carbocycles. The van der Waals surface area contributed by atoms with Gasteiger partial charge in [0.05, 0.1) is 0 Å². The van der Waals surface area contributed by atoms with Gasteiger partial charge in [-0.3, -0.25) is 0 Å². The minimum Gasteiger partial charge on any atom is -0.313 e. The molecule has 1 fully saturated rings. The van der Waals surface area contributed by atoms with Crippen LogP contribution in [0.15, 0.2) is 72.8 Å². The van der Waals surface area contributed by atoms with Gasteiger partial charge < -0.3 is 5.32 Å². The molecule has 1 aliphatic rings. The quantitative estimate of drug-likeness (QED) is 0.498. The molecule has 0 radical (unpaired) electrons. The Labute approximate surface area is 165 Å². The van der Waals surface area contributed by atoms with Crippen molar-refractivity contribution in [2.45, 2.75) is 45.6 Å². The zero-order valence-corrected chi connectivity index (χ0v) is 17.0. The Kier molecular flexibility index (Phi) is 6.68. The molecule has 3 rings (SSSR count). The maximum absolute atomic E-state index is 4.50. The van der Waals surface area contributed by atoms with Crippen LogP contribution in [0.4, 0.5) is 0 Å². The number of rotatable bonds is 9. The zero-order chi connectivity index (χ0) is 19.2. The largest absolute Gasteiger partial charge is 0.313 e. The highest BCUT2D eigenvalue weighted by Gasteiger charge is 2.26. The molecule has 1 heteroatoms. The summed E-state index contributed by atoms with van der Waals surface area (Å²) in [5, 5.41) is 3.60. The van der Waals surface area contributed by atoms with E-state index in [1.165, 1.54) is 48.0 Å². The predicted octanol–water partition coefficient (Wildman–Crippen LogP) is 6.59. The summed E-state index contributed by atoms with van der Waals surface area (Å²) < 4.78 is 0. The number of allylic oxidation sites excluding steroid dienone is 2. The standard InChI is InChI=1S/C26H33N/c1-19(15-16-22-17-18-22)26(27-4)21(3)25(24-13-9-6-10-14-24)20(2)23-11-7-5-8-12-23/h5-14,19,22,26-27H,2,15-18H2,1,3-4H3/b25-21+. The molecule has 0 saturated heterocycles. The normalized spacial score (nSPS) is 17.1. The highest BCUT2D eigenvalue weighted by atomic mass is 14.9. The maximum Gasteiger partial charge on any atom is 0.0309 e. The van der Waals surface area contributed by atoms with E-state index in [-0.39, 0.29) is 0 Å². The van der Waals surface area contributed by atoms with Crippen LogP contribution < -0.4 is 5.32 Å². The van der Waals surface area contributed by atoms with Crippen molar-refractivity contribution in [3.63, 3.8) is 0 Å². The lowest BCUT2D eigenvalue weighted by Gasteiger charge is -2.28. The lowest BCUT2D eigenvalue weighted by atomic mass is 9.83. The molecule has 27 heavy (non-hydrogen) atoms. The molecule has 1 N–H and O–H groups in total. The lowest BCUT2D eigenvalue weighted by Crippen LogP contribution is -2.34. The van der Waals surface area contributed by atoms with Gasteiger partial charge in [0.1, 0.15) is 0 Å². The third kappa shape index (κ3) is 4.99. The fraction of sp³-hybridized carbons (Fsp3) is 0.385. The molecule has 2 aromatic rings. The number of benzene rings is 2. The highest BCUT2D eigenvalue weighted by Crippen LogP contribution is 2.38. The molecule has 1 nitrogen and oxygen atoms in total. The molecule has 1 saturated carbocycles. The number of hydrogen-bond acceptors (Lipinski definition) is 1. The summed E-state index contributed by atoms with van der Waals surface area (Å²) in [6.07, 6.45) is 5.53. The van der Waals surface area contributed by atoms with Crippen LogP contribution in [-0.2, 0) is 0 Å². The molecule has 2 aromatic carbocycles. The van der Waals surface area contributed by atoms with Gasteiger partial charge in [-0.25, -0.2) is 0 Å². The molecule has 0 spiro atoms. The molecule has 0 amide bonds. The molecule has 0 heterocycles. The van der Waals surface area contributed by atoms with E-state index in [0.29, 0.717) is 12.0 Å². The van der Waals surface area contributed by atoms with Gasteiger partial charge in [-0.1, -0.05) is 93.4 Å². The van der Waals surface area contributed by atoms with Crippen molar-refractivity contribution < 1.29 is 0 Å². The van der Waals surface area contributed by atoms with Crippen LogP contribution in [0.2, 0.25) is 0 Å². The van der Waals surface area contributed by atoms with Crippen LogP contribution in [0.25, 0.3) is 11.1 Å². The van der Waals surface area contributed by atoms with Crippen LogP contribution in [0.1, 0.15) is 50.7 Å². The SMILES string of the molecule is C=C(/C(=C(/C)C(NC)C(C)CCC1CC1)c1ccccc1)c1ccccc1. The van der Waals surface area contributed by atoms with E-state index in [1.807, 2.05) is 0 Å². The van der Waals surface area contributed by atoms with E-state index in [4.69, 9.17) is 0 Å². The molecule has 2 unspecified atom stereocenters. The number of likely N-dealkylation sites (N-methyl/N-ethyl adjacent to an activating group) is 1. The van der Waals surface area contributed by atoms with Gasteiger partial charge in [0, 0.05) is 6.04 Å². The van der Waals surface area contributed by atoms with E-state index in [2.05, 4.69) is 93.5 Å². The number of hydrogen-bond donors (Lipinski definition) is 1. The lowest BCUT2D eigenvalue weighted by molar-refractivity contribution is 0.398. The van der Waals surface area contributed by atoms with Crippen molar-refractivity contribution in [2.24, 2.45) is 11.8 Å². The van der Waals surface area contributed by atoms with Crippen molar-refractivity contribution in [2.75, 3.05) is 7.05 Å². The first kappa shape index (κ1) is 19.6. The van der Waals surface area contributed by atoms with Gasteiger partial charge in [-0.15, -0.1) is 0 Å². The maximum atomic E-state index is 4.50. The molecular weight excluding hydrogens is 326 g/mol. The molecular formula is C26H33N. The Morgan fingerprint density at radius 1 is 1.00 bits per heavy atom. The monoisotopic (exact) mass is 359 g/mol. The number of nitrogens with one attached hydrogen (secondary N) is 1. The fourth-order valence-electron chi connectivity index (χ4n) is 4.18. The fourth-order valence-corrected chi connectivity index (χ4v) is 4.18. The minimum absolute atomic E-state index is 0.361. The van der Waals surface area contributed by atoms with E-state index in [1.54, 1.807) is 0 Å². The van der Waals surface area contributed by atoms with Crippen molar-refractivity contribution in [1.82, 2.24) is 5.32 Å². The third-order valence-electron chi connectivity index (χ3n) is 5.95. The van der Waals surface area contributed by atoms with Gasteiger partial charge in [0.15, 0.2) is 0 Å². The van der Waals surface area contributed by atoms with Gasteiger partial charge in [-0.05, 0) is 60.1 Å². The summed E-state index contributed by atoms with van der Waals surface area (Å²) in [6, 6.07) is 21.6. The van der Waals surface area contributed by atoms with E-state index < -0.39 is 0 Å². The summed E-state index contributed by atoms with van der Waals surface area (Å²) in [7, 11) is 2.09. The Bertz CT molecular complexity index is 768. The van der Waals surface area contributed by atoms with Crippen LogP contribution in [-0.4, -0.2) is 13.1 Å². The van der Waals surface area contributed by atoms with Crippen LogP contribution in [0.5, 0.6) is 0 Å². The second-order valence-electron chi connectivity index (χ2n) is 8.03. The van der Waals surface area contributed by atoms with Gasteiger partial charge in [0.2, 0.25) is 0 Å². The average molecular weight is 360 g/mol. The Morgan fingerprint density at radius 2 is 1.56 bits per heavy atom. The van der Waals surface area contributed by atoms with Gasteiger partial charge >= 0.3 is 0 Å². The molecule has 2 atom stereocenters. The first-order valence-corrected chi connectivity index (χ1v) is 10.3. The summed E-state index contributed by atoms with van der Waals surface area (Å²) in [5.41, 5.74) is 6.21. The minimum atomic E-state index is 0.361. The van der Waals surface area contributed by atoms with Gasteiger partial charge in [0.25, 0.3) is 0 Å². The topological polar surface area (TPSA) is 12.0 Å². The van der Waals surface area contributed by atoms with Crippen molar-refractivity contribution in [1.29, 1.82) is 0 Å².